The van der Waals surface area contributed by atoms with Gasteiger partial charge in [-0.3, -0.25) is 9.59 Å². The van der Waals surface area contributed by atoms with Gasteiger partial charge in [-0.05, 0) is 57.2 Å². The molecule has 172 valence electrons. The summed E-state index contributed by atoms with van der Waals surface area (Å²) < 4.78 is 1.88. The van der Waals surface area contributed by atoms with Gasteiger partial charge in [0.1, 0.15) is 17.8 Å². The predicted octanol–water partition coefficient (Wildman–Crippen LogP) is 4.67. The highest BCUT2D eigenvalue weighted by Crippen LogP contribution is 2.29. The maximum absolute atomic E-state index is 13.4. The van der Waals surface area contributed by atoms with Crippen LogP contribution in [0.1, 0.15) is 53.1 Å². The third-order valence-electron chi connectivity index (χ3n) is 5.37. The molecular weight excluding hydrogens is 432 g/mol. The van der Waals surface area contributed by atoms with Crippen molar-refractivity contribution in [2.45, 2.75) is 26.8 Å². The molecule has 0 fully saturated rings. The number of Topliss-reactive ketones (excluding diaryl/α,β-unsaturated/α-hetero) is 1. The van der Waals surface area contributed by atoms with Crippen LogP contribution in [-0.2, 0) is 0 Å². The van der Waals surface area contributed by atoms with Gasteiger partial charge in [-0.15, -0.1) is 0 Å². The molecule has 0 aliphatic carbocycles. The highest BCUT2D eigenvalue weighted by atomic mass is 16.2. The average Bonchev–Trinajstić information content (AvgIpc) is 3.20. The number of nitrogens with zero attached hydrogens (tertiary/aromatic N) is 3. The molecule has 0 unspecified atom stereocenters. The van der Waals surface area contributed by atoms with Crippen LogP contribution in [0.4, 0.5) is 22.0 Å². The molecule has 0 spiro atoms. The van der Waals surface area contributed by atoms with Crippen LogP contribution in [0.25, 0.3) is 11.0 Å². The fourth-order valence-electron chi connectivity index (χ4n) is 3.65. The Morgan fingerprint density at radius 2 is 1.65 bits per heavy atom. The Hall–Kier alpha value is -4.53. The summed E-state index contributed by atoms with van der Waals surface area (Å²) in [5.74, 6) is -0.0747. The number of amides is 2. The molecule has 0 aliphatic heterocycles. The van der Waals surface area contributed by atoms with Gasteiger partial charge in [-0.25, -0.2) is 14.8 Å². The molecule has 2 aromatic carbocycles. The monoisotopic (exact) mass is 456 g/mol. The van der Waals surface area contributed by atoms with E-state index in [9.17, 15) is 14.4 Å². The molecule has 9 nitrogen and oxygen atoms in total. The van der Waals surface area contributed by atoms with Gasteiger partial charge in [-0.1, -0.05) is 12.1 Å². The van der Waals surface area contributed by atoms with Crippen LogP contribution in [0.5, 0.6) is 0 Å². The van der Waals surface area contributed by atoms with E-state index >= 15 is 0 Å². The van der Waals surface area contributed by atoms with E-state index in [-0.39, 0.29) is 23.4 Å². The molecule has 0 bridgehead atoms. The number of nitrogens with two attached hydrogens (primary N) is 1. The van der Waals surface area contributed by atoms with Gasteiger partial charge in [0.05, 0.1) is 10.9 Å². The highest BCUT2D eigenvalue weighted by Gasteiger charge is 2.21. The van der Waals surface area contributed by atoms with Crippen LogP contribution in [-0.4, -0.2) is 32.1 Å². The fraction of sp³-hybridized carbons (Fsp3) is 0.160. The van der Waals surface area contributed by atoms with E-state index in [4.69, 9.17) is 5.73 Å². The topological polar surface area (TPSA) is 132 Å². The molecule has 4 rings (SSSR count). The minimum Gasteiger partial charge on any atom is -0.383 e. The zero-order valence-electron chi connectivity index (χ0n) is 19.0. The Balaban J connectivity index is 1.56. The number of ketones is 2. The molecule has 4 aromatic rings. The van der Waals surface area contributed by atoms with Crippen LogP contribution in [0.3, 0.4) is 0 Å². The van der Waals surface area contributed by atoms with E-state index in [2.05, 4.69) is 20.6 Å². The van der Waals surface area contributed by atoms with Crippen molar-refractivity contribution in [3.05, 3.63) is 77.7 Å². The lowest BCUT2D eigenvalue weighted by molar-refractivity contribution is 0.101. The maximum Gasteiger partial charge on any atom is 0.323 e. The van der Waals surface area contributed by atoms with Crippen molar-refractivity contribution in [3.8, 4) is 0 Å². The number of hydrogen-bond donors (Lipinski definition) is 3. The van der Waals surface area contributed by atoms with Gasteiger partial charge in [0.15, 0.2) is 11.6 Å². The number of nitrogens with one attached hydrogen (secondary N) is 2. The summed E-state index contributed by atoms with van der Waals surface area (Å²) in [4.78, 5) is 45.6. The standard InChI is InChI=1S/C25H24N6O3/c1-14(2)31-12-20(21-23(26)27-13-28-24(21)31)22(33)17-5-4-6-19(11-17)30-25(34)29-18-9-7-16(8-10-18)15(3)32/h4-14H,1-3H3,(H2,26,27,28)(H2,29,30,34). The zero-order chi connectivity index (χ0) is 24.4. The van der Waals surface area contributed by atoms with Crippen LogP contribution in [0.15, 0.2) is 61.1 Å². The van der Waals surface area contributed by atoms with E-state index in [0.29, 0.717) is 39.1 Å². The summed E-state index contributed by atoms with van der Waals surface area (Å²) in [6.45, 7) is 5.46. The van der Waals surface area contributed by atoms with Crippen molar-refractivity contribution in [2.24, 2.45) is 0 Å². The largest absolute Gasteiger partial charge is 0.383 e. The van der Waals surface area contributed by atoms with Gasteiger partial charge in [0, 0.05) is 34.7 Å². The molecule has 2 heterocycles. The molecule has 0 aliphatic rings. The lowest BCUT2D eigenvalue weighted by Crippen LogP contribution is -2.19. The SMILES string of the molecule is CC(=O)c1ccc(NC(=O)Nc2cccc(C(=O)c3cn(C(C)C)c4ncnc(N)c34)c2)cc1. The minimum atomic E-state index is -0.478. The molecule has 0 saturated heterocycles. The Kier molecular flexibility index (Phi) is 6.09. The van der Waals surface area contributed by atoms with Gasteiger partial charge < -0.3 is 20.9 Å². The molecule has 34 heavy (non-hydrogen) atoms. The fourth-order valence-corrected chi connectivity index (χ4v) is 3.65. The van der Waals surface area contributed by atoms with E-state index in [1.165, 1.54) is 13.3 Å². The first-order chi connectivity index (χ1) is 16.2. The van der Waals surface area contributed by atoms with Gasteiger partial charge in [-0.2, -0.15) is 0 Å². The number of benzene rings is 2. The number of hydrogen-bond acceptors (Lipinski definition) is 6. The second-order valence-corrected chi connectivity index (χ2v) is 8.12. The number of carbonyl (C=O) groups excluding carboxylic acids is 3. The number of fused-ring (bicyclic) bond motifs is 1. The predicted molar refractivity (Wildman–Crippen MR) is 131 cm³/mol. The minimum absolute atomic E-state index is 0.0534. The summed E-state index contributed by atoms with van der Waals surface area (Å²) in [6, 6.07) is 12.8. The number of carbonyl (C=O) groups is 3. The third-order valence-corrected chi connectivity index (χ3v) is 5.37. The normalized spacial score (nSPS) is 10.9. The lowest BCUT2D eigenvalue weighted by Gasteiger charge is -2.09. The molecule has 0 saturated carbocycles. The van der Waals surface area contributed by atoms with Crippen LogP contribution >= 0.6 is 0 Å². The van der Waals surface area contributed by atoms with E-state index in [1.807, 2.05) is 18.4 Å². The number of nitrogen functional groups attached to an aromatic ring is 1. The van der Waals surface area contributed by atoms with Crippen LogP contribution < -0.4 is 16.4 Å². The molecule has 4 N–H and O–H groups in total. The van der Waals surface area contributed by atoms with E-state index in [0.717, 1.165) is 0 Å². The summed E-state index contributed by atoms with van der Waals surface area (Å²) in [6.07, 6.45) is 3.11. The van der Waals surface area contributed by atoms with E-state index < -0.39 is 6.03 Å². The quantitative estimate of drug-likeness (QED) is 0.361. The first-order valence-electron chi connectivity index (χ1n) is 10.7. The molecule has 2 aromatic heterocycles. The average molecular weight is 457 g/mol. The van der Waals surface area contributed by atoms with Gasteiger partial charge in [0.2, 0.25) is 0 Å². The molecule has 0 atom stereocenters. The van der Waals surface area contributed by atoms with Crippen LogP contribution in [0, 0.1) is 0 Å². The Bertz CT molecular complexity index is 1410. The maximum atomic E-state index is 13.4. The number of anilines is 3. The number of urea groups is 1. The van der Waals surface area contributed by atoms with Crippen molar-refractivity contribution >= 4 is 45.8 Å². The first-order valence-corrected chi connectivity index (χ1v) is 10.7. The summed E-state index contributed by atoms with van der Waals surface area (Å²) in [5.41, 5.74) is 8.99. The second kappa shape index (κ2) is 9.14. The third kappa shape index (κ3) is 4.49. The smallest absolute Gasteiger partial charge is 0.323 e. The summed E-state index contributed by atoms with van der Waals surface area (Å²) in [7, 11) is 0. The second-order valence-electron chi connectivity index (χ2n) is 8.12. The van der Waals surface area contributed by atoms with Crippen molar-refractivity contribution in [1.82, 2.24) is 14.5 Å². The Morgan fingerprint density at radius 1 is 0.941 bits per heavy atom. The first kappa shape index (κ1) is 22.7. The zero-order valence-corrected chi connectivity index (χ0v) is 19.0. The number of aromatic nitrogens is 3. The summed E-state index contributed by atoms with van der Waals surface area (Å²) >= 11 is 0. The van der Waals surface area contributed by atoms with Gasteiger partial charge in [0.25, 0.3) is 0 Å². The van der Waals surface area contributed by atoms with Crippen molar-refractivity contribution in [1.29, 1.82) is 0 Å². The van der Waals surface area contributed by atoms with Crippen molar-refractivity contribution in [2.75, 3.05) is 16.4 Å². The van der Waals surface area contributed by atoms with Crippen molar-refractivity contribution in [3.63, 3.8) is 0 Å². The Labute approximate surface area is 196 Å². The van der Waals surface area contributed by atoms with Crippen molar-refractivity contribution < 1.29 is 14.4 Å². The molecule has 2 amide bonds. The molecule has 9 heteroatoms. The molecule has 0 radical (unpaired) electrons. The lowest BCUT2D eigenvalue weighted by atomic mass is 10.0. The summed E-state index contributed by atoms with van der Waals surface area (Å²) in [5, 5.41) is 5.93. The van der Waals surface area contributed by atoms with Gasteiger partial charge >= 0.3 is 6.03 Å². The van der Waals surface area contributed by atoms with E-state index in [1.54, 1.807) is 54.7 Å². The Morgan fingerprint density at radius 3 is 2.32 bits per heavy atom. The van der Waals surface area contributed by atoms with Crippen LogP contribution in [0.2, 0.25) is 0 Å². The number of rotatable bonds is 6. The molecular formula is C25H24N6O3. The highest BCUT2D eigenvalue weighted by molar-refractivity contribution is 6.18.